The van der Waals surface area contributed by atoms with Crippen LogP contribution in [0.1, 0.15) is 11.3 Å². The number of carbonyl (C=O) groups is 1. The highest BCUT2D eigenvalue weighted by Gasteiger charge is 2.09. The molecule has 0 aliphatic heterocycles. The second-order valence-electron chi connectivity index (χ2n) is 5.04. The Bertz CT molecular complexity index is 903. The van der Waals surface area contributed by atoms with Crippen LogP contribution < -0.4 is 5.32 Å². The van der Waals surface area contributed by atoms with E-state index in [-0.39, 0.29) is 12.1 Å². The Morgan fingerprint density at radius 1 is 1.13 bits per heavy atom. The summed E-state index contributed by atoms with van der Waals surface area (Å²) in [5, 5.41) is 14.1. The third-order valence-electron chi connectivity index (χ3n) is 3.45. The van der Waals surface area contributed by atoms with E-state index >= 15 is 0 Å². The van der Waals surface area contributed by atoms with E-state index in [1.807, 2.05) is 48.5 Å². The number of hydrogen-bond donors (Lipinski definition) is 1. The van der Waals surface area contributed by atoms with Crippen LogP contribution in [-0.4, -0.2) is 5.91 Å². The van der Waals surface area contributed by atoms with Gasteiger partial charge in [0.1, 0.15) is 17.4 Å². The predicted molar refractivity (Wildman–Crippen MR) is 88.1 cm³/mol. The zero-order chi connectivity index (χ0) is 16.1. The number of rotatable bonds is 4. The second-order valence-corrected chi connectivity index (χ2v) is 5.04. The molecule has 1 N–H and O–H groups in total. The molecule has 0 saturated heterocycles. The molecular formula is C19H14N2O2. The lowest BCUT2D eigenvalue weighted by Gasteiger charge is -2.03. The lowest BCUT2D eigenvalue weighted by atomic mass is 10.1. The fourth-order valence-electron chi connectivity index (χ4n) is 2.29. The molecule has 1 heterocycles. The maximum Gasteiger partial charge on any atom is 0.262 e. The van der Waals surface area contributed by atoms with Gasteiger partial charge in [0, 0.05) is 0 Å². The molecule has 0 atom stereocenters. The lowest BCUT2D eigenvalue weighted by molar-refractivity contribution is -0.117. The quantitative estimate of drug-likeness (QED) is 0.591. The molecule has 0 radical (unpaired) electrons. The van der Waals surface area contributed by atoms with Crippen LogP contribution in [0.5, 0.6) is 0 Å². The van der Waals surface area contributed by atoms with Crippen LogP contribution in [0.15, 0.2) is 70.9 Å². The Morgan fingerprint density at radius 3 is 2.70 bits per heavy atom. The van der Waals surface area contributed by atoms with Crippen molar-refractivity contribution in [3.8, 4) is 6.07 Å². The van der Waals surface area contributed by atoms with Crippen molar-refractivity contribution in [2.45, 2.75) is 6.54 Å². The highest BCUT2D eigenvalue weighted by molar-refractivity contribution is 6.02. The van der Waals surface area contributed by atoms with Gasteiger partial charge in [-0.15, -0.1) is 0 Å². The van der Waals surface area contributed by atoms with Crippen molar-refractivity contribution in [3.63, 3.8) is 0 Å². The molecule has 0 bridgehead atoms. The summed E-state index contributed by atoms with van der Waals surface area (Å²) in [5.41, 5.74) is 0.875. The third kappa shape index (κ3) is 3.47. The van der Waals surface area contributed by atoms with Crippen LogP contribution in [0.3, 0.4) is 0 Å². The fourth-order valence-corrected chi connectivity index (χ4v) is 2.29. The van der Waals surface area contributed by atoms with Crippen LogP contribution in [0.25, 0.3) is 16.8 Å². The van der Waals surface area contributed by atoms with Crippen LogP contribution in [0, 0.1) is 11.3 Å². The molecule has 3 aromatic rings. The van der Waals surface area contributed by atoms with Gasteiger partial charge in [0.05, 0.1) is 12.8 Å². The molecule has 2 aromatic carbocycles. The lowest BCUT2D eigenvalue weighted by Crippen LogP contribution is -2.23. The summed E-state index contributed by atoms with van der Waals surface area (Å²) in [7, 11) is 0. The van der Waals surface area contributed by atoms with E-state index in [4.69, 9.17) is 4.42 Å². The summed E-state index contributed by atoms with van der Waals surface area (Å²) in [6, 6.07) is 19.2. The summed E-state index contributed by atoms with van der Waals surface area (Å²) >= 11 is 0. The van der Waals surface area contributed by atoms with Crippen LogP contribution >= 0.6 is 0 Å². The molecular weight excluding hydrogens is 288 g/mol. The fraction of sp³-hybridized carbons (Fsp3) is 0.0526. The molecule has 4 nitrogen and oxygen atoms in total. The van der Waals surface area contributed by atoms with E-state index in [1.54, 1.807) is 18.2 Å². The standard InChI is InChI=1S/C19H14N2O2/c20-12-17(19(22)21-13-18-6-3-9-23-18)11-14-7-8-15-4-1-2-5-16(15)10-14/h1-11H,13H2,(H,21,22)/b17-11+. The number of hydrogen-bond acceptors (Lipinski definition) is 3. The second kappa shape index (κ2) is 6.63. The third-order valence-corrected chi connectivity index (χ3v) is 3.45. The number of amides is 1. The van der Waals surface area contributed by atoms with Crippen molar-refractivity contribution >= 4 is 22.8 Å². The van der Waals surface area contributed by atoms with Crippen LogP contribution in [0.2, 0.25) is 0 Å². The van der Waals surface area contributed by atoms with Gasteiger partial charge in [0.2, 0.25) is 0 Å². The van der Waals surface area contributed by atoms with Crippen molar-refractivity contribution in [3.05, 3.63) is 77.8 Å². The molecule has 0 saturated carbocycles. The zero-order valence-electron chi connectivity index (χ0n) is 12.3. The summed E-state index contributed by atoms with van der Waals surface area (Å²) in [6.45, 7) is 0.253. The van der Waals surface area contributed by atoms with Gasteiger partial charge < -0.3 is 9.73 Å². The SMILES string of the molecule is N#C/C(=C\c1ccc2ccccc2c1)C(=O)NCc1ccco1. The minimum atomic E-state index is -0.419. The number of benzene rings is 2. The van der Waals surface area contributed by atoms with E-state index in [2.05, 4.69) is 5.32 Å². The Hall–Kier alpha value is -3.32. The van der Waals surface area contributed by atoms with Gasteiger partial charge in [-0.25, -0.2) is 0 Å². The van der Waals surface area contributed by atoms with E-state index in [1.165, 1.54) is 6.26 Å². The summed E-state index contributed by atoms with van der Waals surface area (Å²) in [6.07, 6.45) is 3.13. The smallest absolute Gasteiger partial charge is 0.262 e. The minimum Gasteiger partial charge on any atom is -0.467 e. The first-order chi connectivity index (χ1) is 11.3. The summed E-state index contributed by atoms with van der Waals surface area (Å²) < 4.78 is 5.15. The van der Waals surface area contributed by atoms with Gasteiger partial charge in [-0.2, -0.15) is 5.26 Å². The van der Waals surface area contributed by atoms with Crippen molar-refractivity contribution in [1.29, 1.82) is 5.26 Å². The van der Waals surface area contributed by atoms with Gasteiger partial charge in [-0.3, -0.25) is 4.79 Å². The maximum atomic E-state index is 12.1. The number of carbonyl (C=O) groups excluding carboxylic acids is 1. The molecule has 112 valence electrons. The van der Waals surface area contributed by atoms with Crippen molar-refractivity contribution in [2.24, 2.45) is 0 Å². The van der Waals surface area contributed by atoms with Crippen molar-refractivity contribution in [1.82, 2.24) is 5.32 Å². The van der Waals surface area contributed by atoms with Gasteiger partial charge >= 0.3 is 0 Å². The Kier molecular flexibility index (Phi) is 4.21. The van der Waals surface area contributed by atoms with Crippen LogP contribution in [0.4, 0.5) is 0 Å². The van der Waals surface area contributed by atoms with E-state index in [0.29, 0.717) is 5.76 Å². The topological polar surface area (TPSA) is 66.0 Å². The first-order valence-electron chi connectivity index (χ1n) is 7.17. The predicted octanol–water partition coefficient (Wildman–Crippen LogP) is 3.66. The van der Waals surface area contributed by atoms with Gasteiger partial charge in [-0.1, -0.05) is 36.4 Å². The molecule has 4 heteroatoms. The average molecular weight is 302 g/mol. The Balaban J connectivity index is 1.79. The van der Waals surface area contributed by atoms with Gasteiger partial charge in [-0.05, 0) is 40.6 Å². The molecule has 0 fully saturated rings. The first-order valence-corrected chi connectivity index (χ1v) is 7.17. The number of nitrogens with zero attached hydrogens (tertiary/aromatic N) is 1. The molecule has 1 amide bonds. The van der Waals surface area contributed by atoms with Gasteiger partial charge in [0.15, 0.2) is 0 Å². The van der Waals surface area contributed by atoms with E-state index in [0.717, 1.165) is 16.3 Å². The molecule has 0 spiro atoms. The average Bonchev–Trinajstić information content (AvgIpc) is 3.11. The van der Waals surface area contributed by atoms with E-state index < -0.39 is 5.91 Å². The normalized spacial score (nSPS) is 11.2. The first kappa shape index (κ1) is 14.6. The highest BCUT2D eigenvalue weighted by atomic mass is 16.3. The number of fused-ring (bicyclic) bond motifs is 1. The number of nitrogens with one attached hydrogen (secondary N) is 1. The Morgan fingerprint density at radius 2 is 1.96 bits per heavy atom. The molecule has 1 aromatic heterocycles. The van der Waals surface area contributed by atoms with Gasteiger partial charge in [0.25, 0.3) is 5.91 Å². The minimum absolute atomic E-state index is 0.0619. The molecule has 23 heavy (non-hydrogen) atoms. The molecule has 0 unspecified atom stereocenters. The monoisotopic (exact) mass is 302 g/mol. The van der Waals surface area contributed by atoms with E-state index in [9.17, 15) is 10.1 Å². The number of furan rings is 1. The van der Waals surface area contributed by atoms with Crippen molar-refractivity contribution in [2.75, 3.05) is 0 Å². The zero-order valence-corrected chi connectivity index (χ0v) is 12.3. The summed E-state index contributed by atoms with van der Waals surface area (Å²) in [4.78, 5) is 12.1. The van der Waals surface area contributed by atoms with Crippen molar-refractivity contribution < 1.29 is 9.21 Å². The number of nitriles is 1. The summed E-state index contributed by atoms with van der Waals surface area (Å²) in [5.74, 6) is 0.221. The maximum absolute atomic E-state index is 12.1. The molecule has 0 aliphatic carbocycles. The molecule has 0 aliphatic rings. The Labute approximate surface area is 133 Å². The van der Waals surface area contributed by atoms with Crippen LogP contribution in [-0.2, 0) is 11.3 Å². The molecule has 3 rings (SSSR count). The largest absolute Gasteiger partial charge is 0.467 e. The highest BCUT2D eigenvalue weighted by Crippen LogP contribution is 2.17.